The molecule has 2 aromatic rings. The molecule has 0 unspecified atom stereocenters. The summed E-state index contributed by atoms with van der Waals surface area (Å²) in [4.78, 5) is 13.2. The summed E-state index contributed by atoms with van der Waals surface area (Å²) in [5, 5.41) is 8.33. The van der Waals surface area contributed by atoms with Gasteiger partial charge in [-0.1, -0.05) is 17.3 Å². The molecular weight excluding hydrogens is 262 g/mol. The Labute approximate surface area is 123 Å². The van der Waals surface area contributed by atoms with Crippen molar-refractivity contribution in [3.63, 3.8) is 0 Å². The van der Waals surface area contributed by atoms with Gasteiger partial charge in [0, 0.05) is 0 Å². The molecule has 4 aliphatic rings. The van der Waals surface area contributed by atoms with Crippen LogP contribution in [-0.2, 0) is 0 Å². The third-order valence-corrected chi connectivity index (χ3v) is 6.04. The SMILES string of the molecule is O=C(n1nnc2ccccc21)C12CC3CC(CC(C3)C1)C2. The van der Waals surface area contributed by atoms with Gasteiger partial charge in [0.05, 0.1) is 10.9 Å². The molecule has 108 valence electrons. The van der Waals surface area contributed by atoms with Gasteiger partial charge in [0.1, 0.15) is 5.52 Å². The zero-order valence-corrected chi connectivity index (χ0v) is 12.0. The molecule has 1 heterocycles. The van der Waals surface area contributed by atoms with Gasteiger partial charge in [-0.25, -0.2) is 0 Å². The number of carbonyl (C=O) groups excluding carboxylic acids is 1. The molecular formula is C17H19N3O. The fraction of sp³-hybridized carbons (Fsp3) is 0.588. The summed E-state index contributed by atoms with van der Waals surface area (Å²) in [6, 6.07) is 7.77. The highest BCUT2D eigenvalue weighted by Crippen LogP contribution is 2.60. The molecule has 4 saturated carbocycles. The molecule has 4 nitrogen and oxygen atoms in total. The number of para-hydroxylation sites is 1. The Morgan fingerprint density at radius 1 is 1.05 bits per heavy atom. The maximum absolute atomic E-state index is 13.2. The molecule has 0 spiro atoms. The molecule has 0 aliphatic heterocycles. The minimum absolute atomic E-state index is 0.148. The lowest BCUT2D eigenvalue weighted by molar-refractivity contribution is -0.0407. The van der Waals surface area contributed by atoms with Crippen molar-refractivity contribution in [2.45, 2.75) is 38.5 Å². The van der Waals surface area contributed by atoms with E-state index in [9.17, 15) is 4.79 Å². The summed E-state index contributed by atoms with van der Waals surface area (Å²) < 4.78 is 1.59. The number of hydrogen-bond donors (Lipinski definition) is 0. The molecule has 0 atom stereocenters. The van der Waals surface area contributed by atoms with Gasteiger partial charge in [0.15, 0.2) is 0 Å². The van der Waals surface area contributed by atoms with Gasteiger partial charge in [-0.3, -0.25) is 4.79 Å². The number of hydrogen-bond acceptors (Lipinski definition) is 3. The van der Waals surface area contributed by atoms with Crippen LogP contribution >= 0.6 is 0 Å². The highest BCUT2D eigenvalue weighted by atomic mass is 16.2. The van der Waals surface area contributed by atoms with Gasteiger partial charge in [0.2, 0.25) is 0 Å². The molecule has 21 heavy (non-hydrogen) atoms. The average molecular weight is 281 g/mol. The number of fused-ring (bicyclic) bond motifs is 1. The Balaban J connectivity index is 1.59. The summed E-state index contributed by atoms with van der Waals surface area (Å²) in [5.74, 6) is 2.52. The van der Waals surface area contributed by atoms with E-state index in [1.807, 2.05) is 24.3 Å². The van der Waals surface area contributed by atoms with Crippen molar-refractivity contribution in [1.82, 2.24) is 15.0 Å². The number of rotatable bonds is 1. The van der Waals surface area contributed by atoms with E-state index in [4.69, 9.17) is 0 Å². The standard InChI is InChI=1S/C17H19N3O/c21-16(20-15-4-2-1-3-14(15)18-19-20)17-8-11-5-12(9-17)7-13(6-11)10-17/h1-4,11-13H,5-10H2. The van der Waals surface area contributed by atoms with Gasteiger partial charge >= 0.3 is 0 Å². The molecule has 4 heteroatoms. The van der Waals surface area contributed by atoms with E-state index >= 15 is 0 Å². The van der Waals surface area contributed by atoms with E-state index < -0.39 is 0 Å². The van der Waals surface area contributed by atoms with E-state index in [0.717, 1.165) is 48.0 Å². The quantitative estimate of drug-likeness (QED) is 0.806. The van der Waals surface area contributed by atoms with Crippen molar-refractivity contribution in [2.75, 3.05) is 0 Å². The maximum Gasteiger partial charge on any atom is 0.255 e. The fourth-order valence-electron chi connectivity index (χ4n) is 5.62. The Morgan fingerprint density at radius 2 is 1.67 bits per heavy atom. The highest BCUT2D eigenvalue weighted by molar-refractivity contribution is 5.92. The minimum Gasteiger partial charge on any atom is -0.272 e. The largest absolute Gasteiger partial charge is 0.272 e. The van der Waals surface area contributed by atoms with E-state index in [-0.39, 0.29) is 11.3 Å². The van der Waals surface area contributed by atoms with Crippen molar-refractivity contribution in [3.8, 4) is 0 Å². The van der Waals surface area contributed by atoms with Gasteiger partial charge in [-0.2, -0.15) is 4.68 Å². The number of carbonyl (C=O) groups is 1. The smallest absolute Gasteiger partial charge is 0.255 e. The molecule has 4 bridgehead atoms. The first-order valence-corrected chi connectivity index (χ1v) is 8.09. The predicted octanol–water partition coefficient (Wildman–Crippen LogP) is 3.29. The first-order valence-electron chi connectivity index (χ1n) is 8.09. The molecule has 0 N–H and O–H groups in total. The van der Waals surface area contributed by atoms with Crippen LogP contribution in [0.25, 0.3) is 11.0 Å². The van der Waals surface area contributed by atoms with Crippen LogP contribution in [-0.4, -0.2) is 20.9 Å². The summed E-state index contributed by atoms with van der Waals surface area (Å²) in [6.07, 6.45) is 7.28. The fourth-order valence-corrected chi connectivity index (χ4v) is 5.62. The van der Waals surface area contributed by atoms with Crippen molar-refractivity contribution in [2.24, 2.45) is 23.2 Å². The monoisotopic (exact) mass is 281 g/mol. The Morgan fingerprint density at radius 3 is 2.33 bits per heavy atom. The van der Waals surface area contributed by atoms with Crippen LogP contribution in [0.15, 0.2) is 24.3 Å². The molecule has 0 amide bonds. The Kier molecular flexibility index (Phi) is 2.23. The molecule has 1 aromatic heterocycles. The van der Waals surface area contributed by atoms with Gasteiger partial charge in [-0.05, 0) is 68.4 Å². The van der Waals surface area contributed by atoms with Gasteiger partial charge in [-0.15, -0.1) is 5.10 Å². The van der Waals surface area contributed by atoms with Crippen molar-refractivity contribution >= 4 is 16.9 Å². The topological polar surface area (TPSA) is 47.8 Å². The van der Waals surface area contributed by atoms with Crippen LogP contribution in [0.2, 0.25) is 0 Å². The zero-order chi connectivity index (χ0) is 14.0. The second kappa shape index (κ2) is 3.93. The molecule has 1 aromatic carbocycles. The zero-order valence-electron chi connectivity index (χ0n) is 12.0. The first kappa shape index (κ1) is 11.9. The molecule has 0 saturated heterocycles. The van der Waals surface area contributed by atoms with Crippen LogP contribution in [0.5, 0.6) is 0 Å². The van der Waals surface area contributed by atoms with E-state index in [1.165, 1.54) is 19.3 Å². The van der Waals surface area contributed by atoms with E-state index in [0.29, 0.717) is 0 Å². The lowest BCUT2D eigenvalue weighted by Crippen LogP contribution is -2.51. The van der Waals surface area contributed by atoms with Gasteiger partial charge in [0.25, 0.3) is 5.91 Å². The summed E-state index contributed by atoms with van der Waals surface area (Å²) >= 11 is 0. The Hall–Kier alpha value is -1.71. The van der Waals surface area contributed by atoms with Crippen molar-refractivity contribution < 1.29 is 4.79 Å². The van der Waals surface area contributed by atoms with E-state index in [1.54, 1.807) is 4.68 Å². The second-order valence-electron chi connectivity index (χ2n) is 7.49. The second-order valence-corrected chi connectivity index (χ2v) is 7.49. The van der Waals surface area contributed by atoms with Crippen LogP contribution in [0.3, 0.4) is 0 Å². The summed E-state index contributed by atoms with van der Waals surface area (Å²) in [7, 11) is 0. The molecule has 4 fully saturated rings. The number of aromatic nitrogens is 3. The third kappa shape index (κ3) is 1.59. The summed E-state index contributed by atoms with van der Waals surface area (Å²) in [6.45, 7) is 0. The highest BCUT2D eigenvalue weighted by Gasteiger charge is 2.55. The minimum atomic E-state index is -0.148. The third-order valence-electron chi connectivity index (χ3n) is 6.04. The number of benzene rings is 1. The van der Waals surface area contributed by atoms with Crippen LogP contribution < -0.4 is 0 Å². The maximum atomic E-state index is 13.2. The van der Waals surface area contributed by atoms with E-state index in [2.05, 4.69) is 10.3 Å². The van der Waals surface area contributed by atoms with Crippen LogP contribution in [0, 0.1) is 23.2 Å². The molecule has 0 radical (unpaired) electrons. The predicted molar refractivity (Wildman–Crippen MR) is 78.8 cm³/mol. The molecule has 6 rings (SSSR count). The normalized spacial score (nSPS) is 37.2. The summed E-state index contributed by atoms with van der Waals surface area (Å²) in [5.41, 5.74) is 1.53. The van der Waals surface area contributed by atoms with Crippen LogP contribution in [0.4, 0.5) is 0 Å². The van der Waals surface area contributed by atoms with Crippen LogP contribution in [0.1, 0.15) is 43.3 Å². The molecule has 4 aliphatic carbocycles. The van der Waals surface area contributed by atoms with Crippen molar-refractivity contribution in [1.29, 1.82) is 0 Å². The number of nitrogens with zero attached hydrogens (tertiary/aromatic N) is 3. The average Bonchev–Trinajstić information content (AvgIpc) is 2.89. The van der Waals surface area contributed by atoms with Gasteiger partial charge < -0.3 is 0 Å². The van der Waals surface area contributed by atoms with Crippen molar-refractivity contribution in [3.05, 3.63) is 24.3 Å². The lowest BCUT2D eigenvalue weighted by atomic mass is 9.49. The Bertz CT molecular complexity index is 697. The first-order chi connectivity index (χ1) is 10.2. The lowest BCUT2D eigenvalue weighted by Gasteiger charge is -2.55.